The molecule has 152 valence electrons. The Balaban J connectivity index is 1.72. The van der Waals surface area contributed by atoms with Crippen molar-refractivity contribution in [2.45, 2.75) is 50.3 Å². The third-order valence-corrected chi connectivity index (χ3v) is 6.81. The maximum Gasteiger partial charge on any atom is 0.191 e. The van der Waals surface area contributed by atoms with Crippen molar-refractivity contribution < 1.29 is 8.60 Å². The van der Waals surface area contributed by atoms with Gasteiger partial charge in [-0.05, 0) is 37.8 Å². The molecule has 7 heteroatoms. The zero-order chi connectivity index (χ0) is 19.6. The Labute approximate surface area is 165 Å². The topological polar surface area (TPSA) is 56.7 Å². The van der Waals surface area contributed by atoms with E-state index in [0.29, 0.717) is 17.0 Å². The van der Waals surface area contributed by atoms with E-state index >= 15 is 0 Å². The van der Waals surface area contributed by atoms with Crippen molar-refractivity contribution in [2.24, 2.45) is 4.99 Å². The van der Waals surface area contributed by atoms with Gasteiger partial charge in [0.05, 0.1) is 5.69 Å². The van der Waals surface area contributed by atoms with E-state index in [1.54, 1.807) is 19.2 Å². The van der Waals surface area contributed by atoms with Crippen LogP contribution in [0.3, 0.4) is 0 Å². The van der Waals surface area contributed by atoms with Crippen LogP contribution in [0, 0.1) is 5.82 Å². The Kier molecular flexibility index (Phi) is 9.04. The van der Waals surface area contributed by atoms with E-state index < -0.39 is 10.8 Å². The van der Waals surface area contributed by atoms with E-state index in [1.165, 1.54) is 6.07 Å². The second-order valence-corrected chi connectivity index (χ2v) is 9.03. The van der Waals surface area contributed by atoms with Gasteiger partial charge in [-0.15, -0.1) is 0 Å². The number of guanidine groups is 1. The molecule has 2 N–H and O–H groups in total. The van der Waals surface area contributed by atoms with Crippen LogP contribution < -0.4 is 15.5 Å². The number of benzene rings is 1. The fourth-order valence-electron chi connectivity index (χ4n) is 3.54. The number of anilines is 1. The largest absolute Gasteiger partial charge is 0.372 e. The maximum absolute atomic E-state index is 13.8. The zero-order valence-electron chi connectivity index (χ0n) is 16.7. The van der Waals surface area contributed by atoms with Crippen molar-refractivity contribution in [2.75, 3.05) is 37.8 Å². The number of para-hydroxylation sites is 1. The quantitative estimate of drug-likeness (QED) is 0.403. The molecule has 0 aliphatic heterocycles. The minimum absolute atomic E-state index is 0.193. The summed E-state index contributed by atoms with van der Waals surface area (Å²) in [6, 6.07) is 7.16. The summed E-state index contributed by atoms with van der Waals surface area (Å²) in [7, 11) is 2.95. The highest BCUT2D eigenvalue weighted by Crippen LogP contribution is 2.23. The molecule has 0 aromatic heterocycles. The highest BCUT2D eigenvalue weighted by molar-refractivity contribution is 7.85. The predicted molar refractivity (Wildman–Crippen MR) is 114 cm³/mol. The van der Waals surface area contributed by atoms with Gasteiger partial charge in [-0.1, -0.05) is 25.5 Å². The van der Waals surface area contributed by atoms with Gasteiger partial charge in [-0.2, -0.15) is 0 Å². The Morgan fingerprint density at radius 2 is 2.15 bits per heavy atom. The van der Waals surface area contributed by atoms with Crippen LogP contribution in [-0.4, -0.2) is 54.4 Å². The minimum Gasteiger partial charge on any atom is -0.372 e. The zero-order valence-corrected chi connectivity index (χ0v) is 17.5. The molecule has 0 heterocycles. The van der Waals surface area contributed by atoms with Crippen LogP contribution in [0.1, 0.15) is 39.0 Å². The average Bonchev–Trinajstić information content (AvgIpc) is 2.70. The molecule has 0 bridgehead atoms. The van der Waals surface area contributed by atoms with Crippen molar-refractivity contribution in [3.63, 3.8) is 0 Å². The summed E-state index contributed by atoms with van der Waals surface area (Å²) in [5.41, 5.74) is 0.622. The molecule has 3 unspecified atom stereocenters. The fraction of sp³-hybridized carbons (Fsp3) is 0.650. The predicted octanol–water partition coefficient (Wildman–Crippen LogP) is 2.90. The van der Waals surface area contributed by atoms with Crippen molar-refractivity contribution in [1.82, 2.24) is 10.6 Å². The van der Waals surface area contributed by atoms with E-state index in [1.807, 2.05) is 24.9 Å². The standard InChI is InChI=1S/C20H33FN4OS/c1-4-27(26)17-10-7-9-16(15-17)24-20(22-2)23-13-8-14-25(3)19-12-6-5-11-18(19)21/h5-6,11-12,16-17H,4,7-10,13-15H2,1-3H3,(H2,22,23,24). The van der Waals surface area contributed by atoms with Crippen LogP contribution in [0.15, 0.2) is 29.3 Å². The van der Waals surface area contributed by atoms with Gasteiger partial charge < -0.3 is 15.5 Å². The van der Waals surface area contributed by atoms with Crippen molar-refractivity contribution in [3.05, 3.63) is 30.1 Å². The molecular weight excluding hydrogens is 363 g/mol. The summed E-state index contributed by atoms with van der Waals surface area (Å²) in [4.78, 5) is 6.24. The van der Waals surface area contributed by atoms with E-state index in [0.717, 1.165) is 56.9 Å². The van der Waals surface area contributed by atoms with Gasteiger partial charge in [0.15, 0.2) is 5.96 Å². The molecule has 1 aliphatic rings. The lowest BCUT2D eigenvalue weighted by molar-refractivity contribution is 0.413. The lowest BCUT2D eigenvalue weighted by atomic mass is 9.95. The van der Waals surface area contributed by atoms with Crippen LogP contribution in [0.2, 0.25) is 0 Å². The normalized spacial score (nSPS) is 21.6. The highest BCUT2D eigenvalue weighted by atomic mass is 32.2. The molecule has 0 radical (unpaired) electrons. The van der Waals surface area contributed by atoms with Gasteiger partial charge in [0.2, 0.25) is 0 Å². The maximum atomic E-state index is 13.8. The smallest absolute Gasteiger partial charge is 0.191 e. The second kappa shape index (κ2) is 11.3. The molecule has 5 nitrogen and oxygen atoms in total. The summed E-state index contributed by atoms with van der Waals surface area (Å²) < 4.78 is 25.9. The molecule has 27 heavy (non-hydrogen) atoms. The van der Waals surface area contributed by atoms with Gasteiger partial charge >= 0.3 is 0 Å². The van der Waals surface area contributed by atoms with E-state index in [2.05, 4.69) is 15.6 Å². The summed E-state index contributed by atoms with van der Waals surface area (Å²) >= 11 is 0. The monoisotopic (exact) mass is 396 g/mol. The number of nitrogens with zero attached hydrogens (tertiary/aromatic N) is 2. The number of hydrogen-bond acceptors (Lipinski definition) is 3. The van der Waals surface area contributed by atoms with Crippen molar-refractivity contribution in [1.29, 1.82) is 0 Å². The third kappa shape index (κ3) is 6.79. The molecule has 0 saturated heterocycles. The first kappa shape index (κ1) is 21.7. The van der Waals surface area contributed by atoms with Gasteiger partial charge in [-0.25, -0.2) is 4.39 Å². The van der Waals surface area contributed by atoms with Gasteiger partial charge in [-0.3, -0.25) is 9.20 Å². The summed E-state index contributed by atoms with van der Waals surface area (Å²) in [5.74, 6) is 1.33. The first-order valence-corrected chi connectivity index (χ1v) is 11.2. The molecule has 1 aromatic rings. The molecule has 0 spiro atoms. The number of halogens is 1. The Bertz CT molecular complexity index is 640. The number of aliphatic imine (C=N–C) groups is 1. The molecule has 3 atom stereocenters. The number of rotatable bonds is 8. The summed E-state index contributed by atoms with van der Waals surface area (Å²) in [5, 5.41) is 7.11. The third-order valence-electron chi connectivity index (χ3n) is 5.07. The van der Waals surface area contributed by atoms with Crippen molar-refractivity contribution >= 4 is 22.4 Å². The molecule has 1 fully saturated rings. The first-order chi connectivity index (χ1) is 13.0. The van der Waals surface area contributed by atoms with Gasteiger partial charge in [0.25, 0.3) is 0 Å². The van der Waals surface area contributed by atoms with Gasteiger partial charge in [0, 0.05) is 55.0 Å². The van der Waals surface area contributed by atoms with Crippen molar-refractivity contribution in [3.8, 4) is 0 Å². The minimum atomic E-state index is -0.720. The number of nitrogens with one attached hydrogen (secondary N) is 2. The Morgan fingerprint density at radius 1 is 1.37 bits per heavy atom. The molecule has 1 aromatic carbocycles. The van der Waals surface area contributed by atoms with Gasteiger partial charge in [0.1, 0.15) is 5.82 Å². The lowest BCUT2D eigenvalue weighted by Crippen LogP contribution is -2.47. The van der Waals surface area contributed by atoms with Crippen LogP contribution in [-0.2, 0) is 10.8 Å². The van der Waals surface area contributed by atoms with Crippen LogP contribution in [0.4, 0.5) is 10.1 Å². The molecular formula is C20H33FN4OS. The second-order valence-electron chi connectivity index (χ2n) is 7.02. The van der Waals surface area contributed by atoms with E-state index in [4.69, 9.17) is 0 Å². The first-order valence-electron chi connectivity index (χ1n) is 9.85. The highest BCUT2D eigenvalue weighted by Gasteiger charge is 2.25. The SMILES string of the molecule is CCS(=O)C1CCCC(NC(=NC)NCCCN(C)c2ccccc2F)C1. The van der Waals surface area contributed by atoms with Crippen LogP contribution in [0.5, 0.6) is 0 Å². The Morgan fingerprint density at radius 3 is 2.85 bits per heavy atom. The van der Waals surface area contributed by atoms with Crippen LogP contribution in [0.25, 0.3) is 0 Å². The summed E-state index contributed by atoms with van der Waals surface area (Å²) in [6.45, 7) is 3.51. The van der Waals surface area contributed by atoms with E-state index in [9.17, 15) is 8.60 Å². The number of hydrogen-bond donors (Lipinski definition) is 2. The fourth-order valence-corrected chi connectivity index (χ4v) is 4.89. The molecule has 0 amide bonds. The lowest BCUT2D eigenvalue weighted by Gasteiger charge is -2.30. The molecule has 1 saturated carbocycles. The van der Waals surface area contributed by atoms with E-state index in [-0.39, 0.29) is 5.82 Å². The molecule has 1 aliphatic carbocycles. The Hall–Kier alpha value is -1.63. The molecule has 2 rings (SSSR count). The summed E-state index contributed by atoms with van der Waals surface area (Å²) in [6.07, 6.45) is 5.08. The average molecular weight is 397 g/mol. The van der Waals surface area contributed by atoms with Crippen LogP contribution >= 0.6 is 0 Å².